The van der Waals surface area contributed by atoms with Gasteiger partial charge in [-0.1, -0.05) is 63.5 Å². The van der Waals surface area contributed by atoms with Gasteiger partial charge in [-0.05, 0) is 44.4 Å². The summed E-state index contributed by atoms with van der Waals surface area (Å²) in [6.45, 7) is 8.24. The van der Waals surface area contributed by atoms with Gasteiger partial charge in [0.1, 0.15) is 5.69 Å². The van der Waals surface area contributed by atoms with E-state index in [9.17, 15) is 9.59 Å². The summed E-state index contributed by atoms with van der Waals surface area (Å²) in [5.74, 6) is 1.95. The molecule has 1 heterocycles. The van der Waals surface area contributed by atoms with Crippen molar-refractivity contribution in [1.29, 1.82) is 0 Å². The van der Waals surface area contributed by atoms with E-state index in [1.54, 1.807) is 31.2 Å². The summed E-state index contributed by atoms with van der Waals surface area (Å²) < 4.78 is 0. The molecule has 1 unspecified atom stereocenters. The van der Waals surface area contributed by atoms with Crippen molar-refractivity contribution in [2.24, 2.45) is 17.4 Å². The Morgan fingerprint density at radius 3 is 2.37 bits per heavy atom. The van der Waals surface area contributed by atoms with E-state index >= 15 is 0 Å². The van der Waals surface area contributed by atoms with E-state index in [4.69, 9.17) is 11.5 Å². The number of H-pyrrole nitrogens is 1. The van der Waals surface area contributed by atoms with Gasteiger partial charge in [-0.3, -0.25) is 9.59 Å². The number of benzene rings is 1. The molecule has 1 aromatic carbocycles. The van der Waals surface area contributed by atoms with Crippen LogP contribution >= 0.6 is 0 Å². The molecule has 0 spiro atoms. The molecule has 0 aliphatic carbocycles. The Morgan fingerprint density at radius 2 is 1.83 bits per heavy atom. The highest BCUT2D eigenvalue weighted by Gasteiger charge is 2.07. The van der Waals surface area contributed by atoms with Crippen LogP contribution in [0.3, 0.4) is 0 Å². The Labute approximate surface area is 180 Å². The fourth-order valence-corrected chi connectivity index (χ4v) is 2.59. The molecule has 2 amide bonds. The van der Waals surface area contributed by atoms with Crippen LogP contribution in [0.4, 0.5) is 0 Å². The molecule has 1 aromatic heterocycles. The molecule has 0 aliphatic heterocycles. The number of aromatic nitrogens is 1. The summed E-state index contributed by atoms with van der Waals surface area (Å²) in [5, 5.41) is 0.814. The van der Waals surface area contributed by atoms with Crippen molar-refractivity contribution in [1.82, 2.24) is 4.98 Å². The van der Waals surface area contributed by atoms with Crippen LogP contribution in [0.15, 0.2) is 48.6 Å². The monoisotopic (exact) mass is 409 g/mol. The van der Waals surface area contributed by atoms with Crippen molar-refractivity contribution in [2.45, 2.75) is 53.4 Å². The fraction of sp³-hybridized carbons (Fsp3) is 0.360. The lowest BCUT2D eigenvalue weighted by Gasteiger charge is -2.03. The molecule has 0 aliphatic rings. The molecule has 0 fully saturated rings. The Morgan fingerprint density at radius 1 is 1.17 bits per heavy atom. The maximum atomic E-state index is 10.9. The first-order chi connectivity index (χ1) is 14.3. The number of terminal acetylenes is 1. The van der Waals surface area contributed by atoms with Crippen molar-refractivity contribution >= 4 is 22.7 Å². The van der Waals surface area contributed by atoms with Gasteiger partial charge in [-0.15, -0.1) is 12.3 Å². The Kier molecular flexibility index (Phi) is 13.9. The number of hydrogen-bond acceptors (Lipinski definition) is 2. The van der Waals surface area contributed by atoms with Crippen LogP contribution in [-0.2, 0) is 0 Å². The second-order valence-corrected chi connectivity index (χ2v) is 6.89. The highest BCUT2D eigenvalue weighted by atomic mass is 16.1. The van der Waals surface area contributed by atoms with E-state index in [0.717, 1.165) is 11.3 Å². The fourth-order valence-electron chi connectivity index (χ4n) is 2.59. The van der Waals surface area contributed by atoms with Gasteiger partial charge in [-0.25, -0.2) is 0 Å². The minimum Gasteiger partial charge on any atom is -0.366 e. The molecule has 162 valence electrons. The number of nitrogens with two attached hydrogens (primary N) is 2. The number of unbranched alkanes of at least 4 members (excludes halogenated alkanes) is 2. The van der Waals surface area contributed by atoms with Crippen molar-refractivity contribution in [3.05, 3.63) is 59.8 Å². The zero-order valence-electron chi connectivity index (χ0n) is 18.6. The molecule has 0 bridgehead atoms. The molecule has 2 rings (SSSR count). The molecule has 30 heavy (non-hydrogen) atoms. The Balaban J connectivity index is 0.000000508. The van der Waals surface area contributed by atoms with Gasteiger partial charge >= 0.3 is 0 Å². The normalized spacial score (nSPS) is 11.3. The zero-order valence-corrected chi connectivity index (χ0v) is 18.6. The van der Waals surface area contributed by atoms with E-state index < -0.39 is 11.8 Å². The maximum absolute atomic E-state index is 10.9. The molecular formula is C25H35N3O2. The molecule has 0 saturated heterocycles. The van der Waals surface area contributed by atoms with Crippen molar-refractivity contribution in [3.8, 4) is 12.3 Å². The number of primary amides is 2. The summed E-state index contributed by atoms with van der Waals surface area (Å²) in [4.78, 5) is 24.6. The molecule has 1 atom stereocenters. The molecule has 0 radical (unpaired) electrons. The predicted molar refractivity (Wildman–Crippen MR) is 127 cm³/mol. The van der Waals surface area contributed by atoms with Gasteiger partial charge in [0, 0.05) is 16.5 Å². The van der Waals surface area contributed by atoms with Gasteiger partial charge in [0.2, 0.25) is 5.91 Å². The molecule has 5 heteroatoms. The second kappa shape index (κ2) is 15.6. The first-order valence-corrected chi connectivity index (χ1v) is 10.2. The lowest BCUT2D eigenvalue weighted by Crippen LogP contribution is -2.11. The SMILES string of the molecule is C#CC.C/C=C\C=C/C(C)CCCCC.NC(=O)c1ccc2cc(C(N)=O)[nH]c2c1. The summed E-state index contributed by atoms with van der Waals surface area (Å²) in [6, 6.07) is 6.52. The summed E-state index contributed by atoms with van der Waals surface area (Å²) >= 11 is 0. The quantitative estimate of drug-likeness (QED) is 0.311. The van der Waals surface area contributed by atoms with Crippen LogP contribution in [0, 0.1) is 18.3 Å². The number of carbonyl (C=O) groups excluding carboxylic acids is 2. The van der Waals surface area contributed by atoms with Crippen LogP contribution in [0.5, 0.6) is 0 Å². The second-order valence-electron chi connectivity index (χ2n) is 6.89. The number of hydrogen-bond donors (Lipinski definition) is 3. The standard InChI is InChI=1S/C12H22.C10H9N3O2.C3H4/c1-4-6-8-10-12(3)11-9-7-5-2;11-9(14)6-2-1-5-3-8(10(12)15)13-7(5)4-6;1-3-2/h4,6,8,10,12H,5,7,9,11H2,1-3H3;1-4,13H,(H2,11,14)(H2,12,15);1H,2H3/b6-4-,10-8-;;. The van der Waals surface area contributed by atoms with Crippen LogP contribution < -0.4 is 11.5 Å². The van der Waals surface area contributed by atoms with Crippen LogP contribution in [0.2, 0.25) is 0 Å². The maximum Gasteiger partial charge on any atom is 0.265 e. The number of rotatable bonds is 8. The van der Waals surface area contributed by atoms with Gasteiger partial charge in [0.25, 0.3) is 5.91 Å². The number of amides is 2. The van der Waals surface area contributed by atoms with Crippen LogP contribution in [0.25, 0.3) is 10.9 Å². The number of aromatic amines is 1. The summed E-state index contributed by atoms with van der Waals surface area (Å²) in [7, 11) is 0. The van der Waals surface area contributed by atoms with Crippen LogP contribution in [-0.4, -0.2) is 16.8 Å². The zero-order chi connectivity index (χ0) is 22.9. The largest absolute Gasteiger partial charge is 0.366 e. The van der Waals surface area contributed by atoms with Gasteiger partial charge in [0.05, 0.1) is 0 Å². The van der Waals surface area contributed by atoms with Crippen molar-refractivity contribution < 1.29 is 9.59 Å². The number of allylic oxidation sites excluding steroid dienone is 4. The highest BCUT2D eigenvalue weighted by molar-refractivity contribution is 6.00. The van der Waals surface area contributed by atoms with E-state index in [1.807, 2.05) is 6.92 Å². The summed E-state index contributed by atoms with van der Waals surface area (Å²) in [6.07, 6.45) is 18.6. The third kappa shape index (κ3) is 10.9. The van der Waals surface area contributed by atoms with E-state index in [1.165, 1.54) is 25.7 Å². The average molecular weight is 410 g/mol. The Bertz CT molecular complexity index is 873. The van der Waals surface area contributed by atoms with E-state index in [0.29, 0.717) is 16.8 Å². The van der Waals surface area contributed by atoms with Crippen molar-refractivity contribution in [2.75, 3.05) is 0 Å². The minimum absolute atomic E-state index is 0.312. The molecule has 5 nitrogen and oxygen atoms in total. The lowest BCUT2D eigenvalue weighted by molar-refractivity contribution is 0.0990. The lowest BCUT2D eigenvalue weighted by atomic mass is 10.0. The van der Waals surface area contributed by atoms with E-state index in [2.05, 4.69) is 55.5 Å². The third-order valence-corrected chi connectivity index (χ3v) is 4.18. The molecule has 5 N–H and O–H groups in total. The number of carbonyl (C=O) groups is 2. The van der Waals surface area contributed by atoms with E-state index in [-0.39, 0.29) is 0 Å². The third-order valence-electron chi connectivity index (χ3n) is 4.18. The topological polar surface area (TPSA) is 102 Å². The molecule has 0 saturated carbocycles. The predicted octanol–water partition coefficient (Wildman–Crippen LogP) is 5.34. The summed E-state index contributed by atoms with van der Waals surface area (Å²) in [5.41, 5.74) is 11.6. The van der Waals surface area contributed by atoms with Crippen LogP contribution in [0.1, 0.15) is 74.2 Å². The minimum atomic E-state index is -0.535. The number of fused-ring (bicyclic) bond motifs is 1. The van der Waals surface area contributed by atoms with Gasteiger partial charge < -0.3 is 16.5 Å². The molecule has 2 aromatic rings. The molecular weight excluding hydrogens is 374 g/mol. The first kappa shape index (κ1) is 26.7. The first-order valence-electron chi connectivity index (χ1n) is 10.2. The van der Waals surface area contributed by atoms with Gasteiger partial charge in [0.15, 0.2) is 0 Å². The highest BCUT2D eigenvalue weighted by Crippen LogP contribution is 2.16. The average Bonchev–Trinajstić information content (AvgIpc) is 3.13. The van der Waals surface area contributed by atoms with Gasteiger partial charge in [-0.2, -0.15) is 0 Å². The number of nitrogens with one attached hydrogen (secondary N) is 1. The smallest absolute Gasteiger partial charge is 0.265 e. The Hall–Kier alpha value is -3.26. The van der Waals surface area contributed by atoms with Crippen molar-refractivity contribution in [3.63, 3.8) is 0 Å².